The number of nitrogens with zero attached hydrogens (tertiary/aromatic N) is 1. The smallest absolute Gasteiger partial charge is 0.322 e. The van der Waals surface area contributed by atoms with Gasteiger partial charge in [-0.2, -0.15) is 0 Å². The number of nitrogens with one attached hydrogen (secondary N) is 2. The van der Waals surface area contributed by atoms with Crippen LogP contribution in [-0.2, 0) is 4.79 Å². The fourth-order valence-corrected chi connectivity index (χ4v) is 2.50. The molecule has 0 bridgehead atoms. The number of carboxylic acid groups (broad SMARTS) is 1. The molecule has 23 heavy (non-hydrogen) atoms. The van der Waals surface area contributed by atoms with Gasteiger partial charge in [-0.3, -0.25) is 14.5 Å². The zero-order chi connectivity index (χ0) is 17.0. The first-order chi connectivity index (χ1) is 10.9. The van der Waals surface area contributed by atoms with Gasteiger partial charge in [0.15, 0.2) is 0 Å². The maximum atomic E-state index is 12.2. The van der Waals surface area contributed by atoms with Crippen molar-refractivity contribution in [2.75, 3.05) is 18.0 Å². The molecule has 8 heteroatoms. The van der Waals surface area contributed by atoms with Gasteiger partial charge in [-0.05, 0) is 31.5 Å². The number of halogens is 1. The third-order valence-corrected chi connectivity index (χ3v) is 3.84. The predicted octanol–water partition coefficient (Wildman–Crippen LogP) is 1.85. The summed E-state index contributed by atoms with van der Waals surface area (Å²) in [6.07, 6.45) is 0.331. The summed E-state index contributed by atoms with van der Waals surface area (Å²) in [6, 6.07) is 4.18. The van der Waals surface area contributed by atoms with Crippen LogP contribution in [0, 0.1) is 0 Å². The van der Waals surface area contributed by atoms with E-state index in [2.05, 4.69) is 10.6 Å². The molecule has 0 aliphatic carbocycles. The van der Waals surface area contributed by atoms with Gasteiger partial charge in [0.2, 0.25) is 0 Å². The Bertz CT molecular complexity index is 635. The highest BCUT2D eigenvalue weighted by atomic mass is 35.5. The molecule has 0 radical (unpaired) electrons. The Balaban J connectivity index is 2.09. The first-order valence-corrected chi connectivity index (χ1v) is 7.64. The Labute approximate surface area is 138 Å². The van der Waals surface area contributed by atoms with Crippen molar-refractivity contribution in [2.45, 2.75) is 25.8 Å². The number of carboxylic acids is 1. The molecule has 0 saturated carbocycles. The van der Waals surface area contributed by atoms with Crippen LogP contribution in [0.5, 0.6) is 0 Å². The Kier molecular flexibility index (Phi) is 5.44. The fourth-order valence-electron chi connectivity index (χ4n) is 2.28. The number of carbonyl (C=O) groups excluding carboxylic acids is 2. The zero-order valence-corrected chi connectivity index (χ0v) is 13.4. The average molecular weight is 340 g/mol. The van der Waals surface area contributed by atoms with E-state index in [1.165, 1.54) is 4.90 Å². The summed E-state index contributed by atoms with van der Waals surface area (Å²) in [5, 5.41) is 14.5. The van der Waals surface area contributed by atoms with Crippen LogP contribution in [0.3, 0.4) is 0 Å². The van der Waals surface area contributed by atoms with Crippen molar-refractivity contribution in [2.24, 2.45) is 0 Å². The van der Waals surface area contributed by atoms with Crippen LogP contribution in [0.1, 0.15) is 30.1 Å². The molecule has 1 unspecified atom stereocenters. The van der Waals surface area contributed by atoms with Gasteiger partial charge in [0.25, 0.3) is 5.91 Å². The summed E-state index contributed by atoms with van der Waals surface area (Å²) < 4.78 is 0. The number of amides is 3. The predicted molar refractivity (Wildman–Crippen MR) is 86.0 cm³/mol. The summed E-state index contributed by atoms with van der Waals surface area (Å²) in [4.78, 5) is 36.0. The summed E-state index contributed by atoms with van der Waals surface area (Å²) in [7, 11) is 0. The van der Waals surface area contributed by atoms with Crippen LogP contribution in [0.4, 0.5) is 10.5 Å². The second-order valence-corrected chi connectivity index (χ2v) is 5.76. The summed E-state index contributed by atoms with van der Waals surface area (Å²) >= 11 is 6.12. The zero-order valence-electron chi connectivity index (χ0n) is 12.6. The van der Waals surface area contributed by atoms with Crippen molar-refractivity contribution in [3.8, 4) is 0 Å². The lowest BCUT2D eigenvalue weighted by molar-refractivity contribution is -0.137. The number of anilines is 1. The first-order valence-electron chi connectivity index (χ1n) is 7.26. The third kappa shape index (κ3) is 4.35. The first kappa shape index (κ1) is 17.1. The molecule has 124 valence electrons. The maximum Gasteiger partial charge on any atom is 0.322 e. The number of aliphatic carboxylic acids is 1. The third-order valence-electron chi connectivity index (χ3n) is 3.52. The summed E-state index contributed by atoms with van der Waals surface area (Å²) in [6.45, 7) is 2.75. The van der Waals surface area contributed by atoms with E-state index in [0.29, 0.717) is 35.8 Å². The van der Waals surface area contributed by atoms with Crippen LogP contribution in [0.25, 0.3) is 0 Å². The van der Waals surface area contributed by atoms with Crippen LogP contribution < -0.4 is 15.5 Å². The van der Waals surface area contributed by atoms with Gasteiger partial charge in [-0.1, -0.05) is 11.6 Å². The van der Waals surface area contributed by atoms with Crippen molar-refractivity contribution >= 4 is 35.2 Å². The van der Waals surface area contributed by atoms with Crippen LogP contribution in [0.15, 0.2) is 18.2 Å². The molecule has 1 saturated heterocycles. The molecule has 1 aromatic carbocycles. The van der Waals surface area contributed by atoms with E-state index < -0.39 is 5.97 Å². The normalized spacial score (nSPS) is 15.2. The molecule has 0 aromatic heterocycles. The summed E-state index contributed by atoms with van der Waals surface area (Å²) in [5.74, 6) is -1.24. The van der Waals surface area contributed by atoms with Crippen molar-refractivity contribution in [1.29, 1.82) is 0 Å². The van der Waals surface area contributed by atoms with E-state index in [4.69, 9.17) is 16.7 Å². The minimum absolute atomic E-state index is 0.0126. The number of hydrogen-bond acceptors (Lipinski definition) is 3. The largest absolute Gasteiger partial charge is 0.481 e. The highest BCUT2D eigenvalue weighted by Gasteiger charge is 2.24. The number of rotatable bonds is 6. The fraction of sp³-hybridized carbons (Fsp3) is 0.400. The number of carbonyl (C=O) groups is 3. The molecule has 3 amide bonds. The second-order valence-electron chi connectivity index (χ2n) is 5.36. The lowest BCUT2D eigenvalue weighted by atomic mass is 10.1. The lowest BCUT2D eigenvalue weighted by Gasteiger charge is -2.18. The Hall–Kier alpha value is -2.28. The maximum absolute atomic E-state index is 12.2. The average Bonchev–Trinajstić information content (AvgIpc) is 2.91. The Morgan fingerprint density at radius 2 is 2.22 bits per heavy atom. The molecule has 1 fully saturated rings. The molecule has 1 aromatic rings. The van der Waals surface area contributed by atoms with E-state index in [0.717, 1.165) is 0 Å². The van der Waals surface area contributed by atoms with Crippen molar-refractivity contribution < 1.29 is 19.5 Å². The van der Waals surface area contributed by atoms with Gasteiger partial charge in [0.05, 0.1) is 10.7 Å². The molecule has 1 atom stereocenters. The van der Waals surface area contributed by atoms with Crippen molar-refractivity contribution in [3.63, 3.8) is 0 Å². The molecule has 1 aliphatic heterocycles. The van der Waals surface area contributed by atoms with Gasteiger partial charge in [-0.15, -0.1) is 0 Å². The van der Waals surface area contributed by atoms with Crippen LogP contribution in [-0.4, -0.2) is 42.1 Å². The Morgan fingerprint density at radius 1 is 1.48 bits per heavy atom. The van der Waals surface area contributed by atoms with Crippen molar-refractivity contribution in [3.05, 3.63) is 28.8 Å². The molecular weight excluding hydrogens is 322 g/mol. The van der Waals surface area contributed by atoms with Gasteiger partial charge in [0.1, 0.15) is 0 Å². The minimum atomic E-state index is -0.903. The second kappa shape index (κ2) is 7.32. The molecule has 1 aliphatic rings. The van der Waals surface area contributed by atoms with E-state index in [9.17, 15) is 14.4 Å². The van der Waals surface area contributed by atoms with Gasteiger partial charge in [-0.25, -0.2) is 4.79 Å². The highest BCUT2D eigenvalue weighted by molar-refractivity contribution is 6.34. The quantitative estimate of drug-likeness (QED) is 0.736. The molecule has 1 heterocycles. The van der Waals surface area contributed by atoms with Crippen molar-refractivity contribution in [1.82, 2.24) is 10.6 Å². The molecular formula is C15H18ClN3O4. The molecule has 3 N–H and O–H groups in total. The number of hydrogen-bond donors (Lipinski definition) is 3. The molecule has 0 spiro atoms. The van der Waals surface area contributed by atoms with Gasteiger partial charge >= 0.3 is 12.0 Å². The number of urea groups is 1. The van der Waals surface area contributed by atoms with Crippen LogP contribution >= 0.6 is 11.6 Å². The van der Waals surface area contributed by atoms with E-state index in [-0.39, 0.29) is 24.4 Å². The van der Waals surface area contributed by atoms with E-state index >= 15 is 0 Å². The van der Waals surface area contributed by atoms with Crippen LogP contribution in [0.2, 0.25) is 5.02 Å². The van der Waals surface area contributed by atoms with Gasteiger partial charge < -0.3 is 15.7 Å². The lowest BCUT2D eigenvalue weighted by Crippen LogP contribution is -2.33. The van der Waals surface area contributed by atoms with Gasteiger partial charge in [0, 0.05) is 31.1 Å². The number of benzene rings is 1. The van der Waals surface area contributed by atoms with E-state index in [1.807, 2.05) is 0 Å². The Morgan fingerprint density at radius 3 is 2.83 bits per heavy atom. The summed E-state index contributed by atoms with van der Waals surface area (Å²) in [5.41, 5.74) is 0.846. The topological polar surface area (TPSA) is 98.7 Å². The molecule has 2 rings (SSSR count). The SMILES string of the molecule is CC(CCC(=O)O)NC(=O)c1ccc(Cl)c(N2CCNC2=O)c1. The monoisotopic (exact) mass is 339 g/mol. The minimum Gasteiger partial charge on any atom is -0.481 e. The highest BCUT2D eigenvalue weighted by Crippen LogP contribution is 2.28. The molecule has 7 nitrogen and oxygen atoms in total. The van der Waals surface area contributed by atoms with E-state index in [1.54, 1.807) is 25.1 Å². The standard InChI is InChI=1S/C15H18ClN3O4/c1-9(2-5-13(20)21)18-14(22)10-3-4-11(16)12(8-10)19-7-6-17-15(19)23/h3-4,8-9H,2,5-7H2,1H3,(H,17,23)(H,18,22)(H,20,21).